The third-order valence-electron chi connectivity index (χ3n) is 2.63. The fourth-order valence-electron chi connectivity index (χ4n) is 1.54. The molecule has 3 nitrogen and oxygen atoms in total. The van der Waals surface area contributed by atoms with Crippen molar-refractivity contribution in [2.75, 3.05) is 20.4 Å². The van der Waals surface area contributed by atoms with Crippen LogP contribution in [0.15, 0.2) is 18.2 Å². The maximum Gasteiger partial charge on any atom is 0.411 e. The number of benzene rings is 1. The van der Waals surface area contributed by atoms with Gasteiger partial charge in [0.15, 0.2) is 6.79 Å². The molecule has 1 atom stereocenters. The van der Waals surface area contributed by atoms with Crippen molar-refractivity contribution in [1.82, 2.24) is 5.32 Å². The average molecular weight is 277 g/mol. The topological polar surface area (TPSA) is 30.5 Å². The number of hydrogen-bond donors (Lipinski definition) is 1. The van der Waals surface area contributed by atoms with E-state index in [1.807, 2.05) is 26.0 Å². The Bertz CT molecular complexity index is 407. The lowest BCUT2D eigenvalue weighted by atomic mass is 10.1. The number of ether oxygens (including phenoxy) is 2. The molecule has 0 spiro atoms. The van der Waals surface area contributed by atoms with Gasteiger partial charge in [0, 0.05) is 11.6 Å². The van der Waals surface area contributed by atoms with Crippen LogP contribution in [-0.4, -0.2) is 26.6 Å². The molecule has 0 saturated heterocycles. The van der Waals surface area contributed by atoms with E-state index in [1.165, 1.54) is 0 Å². The molecule has 6 heteroatoms. The fraction of sp³-hybridized carbons (Fsp3) is 0.538. The standard InChI is InChI=1S/C13H18F3NO2/c1-9-4-5-11(10(2)17-3)12(6-9)19-8-18-7-13(14,15)16/h4-6,10,17H,7-8H2,1-3H3. The summed E-state index contributed by atoms with van der Waals surface area (Å²) in [7, 11) is 1.80. The highest BCUT2D eigenvalue weighted by Crippen LogP contribution is 2.26. The number of alkyl halides is 3. The summed E-state index contributed by atoms with van der Waals surface area (Å²) in [5, 5.41) is 3.05. The second-order valence-corrected chi connectivity index (χ2v) is 4.28. The minimum Gasteiger partial charge on any atom is -0.467 e. The third-order valence-corrected chi connectivity index (χ3v) is 2.63. The molecule has 0 saturated carbocycles. The molecule has 0 heterocycles. The molecule has 1 aromatic carbocycles. The number of halogens is 3. The Labute approximate surface area is 110 Å². The monoisotopic (exact) mass is 277 g/mol. The van der Waals surface area contributed by atoms with Gasteiger partial charge in [-0.2, -0.15) is 13.2 Å². The molecule has 0 radical (unpaired) electrons. The van der Waals surface area contributed by atoms with Gasteiger partial charge in [0.2, 0.25) is 0 Å². The largest absolute Gasteiger partial charge is 0.467 e. The summed E-state index contributed by atoms with van der Waals surface area (Å²) in [5.41, 5.74) is 1.85. The van der Waals surface area contributed by atoms with Crippen LogP contribution in [0.3, 0.4) is 0 Å². The highest BCUT2D eigenvalue weighted by Gasteiger charge is 2.27. The highest BCUT2D eigenvalue weighted by atomic mass is 19.4. The SMILES string of the molecule is CNC(C)c1ccc(C)cc1OCOCC(F)(F)F. The molecule has 0 bridgehead atoms. The summed E-state index contributed by atoms with van der Waals surface area (Å²) in [6.07, 6.45) is -4.34. The minimum absolute atomic E-state index is 0.0400. The van der Waals surface area contributed by atoms with Gasteiger partial charge in [0.25, 0.3) is 0 Å². The van der Waals surface area contributed by atoms with Crippen LogP contribution in [0.25, 0.3) is 0 Å². The summed E-state index contributed by atoms with van der Waals surface area (Å²) in [5.74, 6) is 0.532. The van der Waals surface area contributed by atoms with Crippen LogP contribution in [0, 0.1) is 6.92 Å². The predicted octanol–water partition coefficient (Wildman–Crippen LogP) is 3.19. The lowest BCUT2D eigenvalue weighted by Crippen LogP contribution is -2.20. The van der Waals surface area contributed by atoms with Gasteiger partial charge >= 0.3 is 6.18 Å². The van der Waals surface area contributed by atoms with Crippen molar-refractivity contribution in [1.29, 1.82) is 0 Å². The van der Waals surface area contributed by atoms with E-state index in [4.69, 9.17) is 4.74 Å². The van der Waals surface area contributed by atoms with E-state index in [0.717, 1.165) is 11.1 Å². The fourth-order valence-corrected chi connectivity index (χ4v) is 1.54. The van der Waals surface area contributed by atoms with Gasteiger partial charge in [0.05, 0.1) is 0 Å². The van der Waals surface area contributed by atoms with Gasteiger partial charge in [-0.05, 0) is 32.5 Å². The van der Waals surface area contributed by atoms with E-state index < -0.39 is 19.6 Å². The van der Waals surface area contributed by atoms with Crippen molar-refractivity contribution in [3.63, 3.8) is 0 Å². The Morgan fingerprint density at radius 3 is 2.58 bits per heavy atom. The first-order valence-corrected chi connectivity index (χ1v) is 5.88. The van der Waals surface area contributed by atoms with E-state index >= 15 is 0 Å². The van der Waals surface area contributed by atoms with Crippen LogP contribution in [0.2, 0.25) is 0 Å². The normalized spacial score (nSPS) is 13.4. The number of hydrogen-bond acceptors (Lipinski definition) is 3. The van der Waals surface area contributed by atoms with E-state index in [9.17, 15) is 13.2 Å². The van der Waals surface area contributed by atoms with Gasteiger partial charge in [0.1, 0.15) is 12.4 Å². The molecule has 1 unspecified atom stereocenters. The van der Waals surface area contributed by atoms with Crippen molar-refractivity contribution < 1.29 is 22.6 Å². The van der Waals surface area contributed by atoms with Crippen molar-refractivity contribution in [3.05, 3.63) is 29.3 Å². The first-order valence-electron chi connectivity index (χ1n) is 5.88. The molecular formula is C13H18F3NO2. The van der Waals surface area contributed by atoms with Crippen LogP contribution in [0.5, 0.6) is 5.75 Å². The van der Waals surface area contributed by atoms with Crippen molar-refractivity contribution in [2.45, 2.75) is 26.1 Å². The Morgan fingerprint density at radius 1 is 1.32 bits per heavy atom. The zero-order valence-corrected chi connectivity index (χ0v) is 11.2. The molecule has 1 aromatic rings. The maximum atomic E-state index is 11.9. The van der Waals surface area contributed by atoms with Gasteiger partial charge < -0.3 is 14.8 Å². The first kappa shape index (κ1) is 15.8. The lowest BCUT2D eigenvalue weighted by Gasteiger charge is -2.17. The van der Waals surface area contributed by atoms with E-state index in [0.29, 0.717) is 5.75 Å². The number of rotatable bonds is 6. The van der Waals surface area contributed by atoms with Crippen LogP contribution in [0.4, 0.5) is 13.2 Å². The zero-order valence-electron chi connectivity index (χ0n) is 11.2. The van der Waals surface area contributed by atoms with Crippen molar-refractivity contribution >= 4 is 0 Å². The molecule has 108 valence electrons. The second kappa shape index (κ2) is 6.77. The third kappa shape index (κ3) is 5.48. The lowest BCUT2D eigenvalue weighted by molar-refractivity contribution is -0.186. The average Bonchev–Trinajstić information content (AvgIpc) is 2.33. The van der Waals surface area contributed by atoms with Crippen LogP contribution in [0.1, 0.15) is 24.1 Å². The summed E-state index contributed by atoms with van der Waals surface area (Å²) in [6, 6.07) is 5.63. The first-order chi connectivity index (χ1) is 8.83. The molecular weight excluding hydrogens is 259 g/mol. The summed E-state index contributed by atoms with van der Waals surface area (Å²) >= 11 is 0. The summed E-state index contributed by atoms with van der Waals surface area (Å²) in [6.45, 7) is 2.09. The molecule has 1 rings (SSSR count). The summed E-state index contributed by atoms with van der Waals surface area (Å²) in [4.78, 5) is 0. The molecule has 0 aromatic heterocycles. The maximum absolute atomic E-state index is 11.9. The molecule has 0 fully saturated rings. The Balaban J connectivity index is 2.63. The zero-order chi connectivity index (χ0) is 14.5. The van der Waals surface area contributed by atoms with Crippen molar-refractivity contribution in [2.24, 2.45) is 0 Å². The Hall–Kier alpha value is -1.27. The van der Waals surface area contributed by atoms with Crippen molar-refractivity contribution in [3.8, 4) is 5.75 Å². The van der Waals surface area contributed by atoms with Crippen LogP contribution < -0.4 is 10.1 Å². The molecule has 0 aliphatic carbocycles. The molecule has 0 aliphatic rings. The van der Waals surface area contributed by atoms with Crippen LogP contribution in [-0.2, 0) is 4.74 Å². The molecule has 0 amide bonds. The Kier molecular flexibility index (Phi) is 5.62. The Morgan fingerprint density at radius 2 is 2.00 bits per heavy atom. The molecule has 0 aliphatic heterocycles. The van der Waals surface area contributed by atoms with E-state index in [-0.39, 0.29) is 6.04 Å². The van der Waals surface area contributed by atoms with Gasteiger partial charge in [-0.3, -0.25) is 0 Å². The minimum atomic E-state index is -4.34. The predicted molar refractivity (Wildman–Crippen MR) is 66.2 cm³/mol. The summed E-state index contributed by atoms with van der Waals surface area (Å²) < 4.78 is 45.5. The van der Waals surface area contributed by atoms with E-state index in [1.54, 1.807) is 13.1 Å². The molecule has 1 N–H and O–H groups in total. The number of aryl methyl sites for hydroxylation is 1. The van der Waals surface area contributed by atoms with E-state index in [2.05, 4.69) is 10.1 Å². The van der Waals surface area contributed by atoms with Crippen LogP contribution >= 0.6 is 0 Å². The van der Waals surface area contributed by atoms with Gasteiger partial charge in [-0.1, -0.05) is 12.1 Å². The molecule has 19 heavy (non-hydrogen) atoms. The number of nitrogens with one attached hydrogen (secondary N) is 1. The quantitative estimate of drug-likeness (QED) is 0.640. The van der Waals surface area contributed by atoms with Gasteiger partial charge in [-0.15, -0.1) is 0 Å². The van der Waals surface area contributed by atoms with Gasteiger partial charge in [-0.25, -0.2) is 0 Å². The second-order valence-electron chi connectivity index (χ2n) is 4.28. The smallest absolute Gasteiger partial charge is 0.411 e. The highest BCUT2D eigenvalue weighted by molar-refractivity contribution is 5.39.